The monoisotopic (exact) mass is 337 g/mol. The van der Waals surface area contributed by atoms with Crippen molar-refractivity contribution in [1.29, 1.82) is 0 Å². The number of nitrogens with zero attached hydrogens (tertiary/aromatic N) is 2. The van der Waals surface area contributed by atoms with Gasteiger partial charge in [0.2, 0.25) is 0 Å². The van der Waals surface area contributed by atoms with Crippen molar-refractivity contribution in [3.63, 3.8) is 0 Å². The highest BCUT2D eigenvalue weighted by Crippen LogP contribution is 2.21. The lowest BCUT2D eigenvalue weighted by molar-refractivity contribution is 0.236. The van der Waals surface area contributed by atoms with Crippen LogP contribution in [0.2, 0.25) is 0 Å². The molecule has 0 aliphatic carbocycles. The highest BCUT2D eigenvalue weighted by Gasteiger charge is 2.25. The molecule has 5 heteroatoms. The Hall–Kier alpha value is -2.82. The van der Waals surface area contributed by atoms with Crippen molar-refractivity contribution in [3.8, 4) is 5.75 Å². The highest BCUT2D eigenvalue weighted by atomic mass is 16.5. The summed E-state index contributed by atoms with van der Waals surface area (Å²) in [7, 11) is 1.61. The summed E-state index contributed by atoms with van der Waals surface area (Å²) in [4.78, 5) is 19.0. The molecule has 1 saturated heterocycles. The fraction of sp³-hybridized carbons (Fsp3) is 0.300. The predicted molar refractivity (Wildman–Crippen MR) is 101 cm³/mol. The number of aryl methyl sites for hydroxylation is 1. The largest absolute Gasteiger partial charge is 0.497 e. The molecule has 25 heavy (non-hydrogen) atoms. The summed E-state index contributed by atoms with van der Waals surface area (Å²) in [5.41, 5.74) is 2.87. The maximum atomic E-state index is 12.6. The van der Waals surface area contributed by atoms with E-state index in [9.17, 15) is 4.79 Å². The van der Waals surface area contributed by atoms with Gasteiger partial charge in [-0.05, 0) is 42.7 Å². The second kappa shape index (κ2) is 7.83. The molecule has 0 atom stereocenters. The Kier molecular flexibility index (Phi) is 5.33. The molecule has 0 spiro atoms. The van der Waals surface area contributed by atoms with Crippen LogP contribution in [0.15, 0.2) is 53.5 Å². The summed E-state index contributed by atoms with van der Waals surface area (Å²) >= 11 is 0. The van der Waals surface area contributed by atoms with Crippen molar-refractivity contribution in [2.24, 2.45) is 4.99 Å². The van der Waals surface area contributed by atoms with E-state index < -0.39 is 0 Å². The van der Waals surface area contributed by atoms with Crippen molar-refractivity contribution in [2.45, 2.75) is 26.2 Å². The van der Waals surface area contributed by atoms with Crippen LogP contribution in [0.3, 0.4) is 0 Å². The molecule has 2 aromatic rings. The van der Waals surface area contributed by atoms with Gasteiger partial charge in [0.25, 0.3) is 0 Å². The maximum Gasteiger partial charge on any atom is 0.327 e. The third-order valence-electron chi connectivity index (χ3n) is 4.26. The number of rotatable bonds is 4. The van der Waals surface area contributed by atoms with Gasteiger partial charge in [-0.3, -0.25) is 4.90 Å². The molecule has 3 rings (SSSR count). The number of aliphatic imine (C=N–C) groups is 1. The van der Waals surface area contributed by atoms with Crippen LogP contribution >= 0.6 is 0 Å². The molecule has 2 amide bonds. The van der Waals surface area contributed by atoms with Gasteiger partial charge in [0, 0.05) is 24.7 Å². The zero-order chi connectivity index (χ0) is 17.6. The first kappa shape index (κ1) is 17.0. The Bertz CT molecular complexity index is 769. The number of anilines is 1. The third-order valence-corrected chi connectivity index (χ3v) is 4.26. The molecule has 1 N–H and O–H groups in total. The van der Waals surface area contributed by atoms with E-state index >= 15 is 0 Å². The van der Waals surface area contributed by atoms with Gasteiger partial charge in [0.05, 0.1) is 12.8 Å². The fourth-order valence-electron chi connectivity index (χ4n) is 2.84. The molecule has 1 fully saturated rings. The van der Waals surface area contributed by atoms with Gasteiger partial charge in [0.1, 0.15) is 11.6 Å². The number of amides is 2. The molecule has 1 heterocycles. The van der Waals surface area contributed by atoms with Crippen LogP contribution in [0.25, 0.3) is 0 Å². The average molecular weight is 337 g/mol. The van der Waals surface area contributed by atoms with E-state index in [1.165, 1.54) is 5.56 Å². The van der Waals surface area contributed by atoms with Gasteiger partial charge in [-0.1, -0.05) is 25.1 Å². The van der Waals surface area contributed by atoms with Gasteiger partial charge in [-0.15, -0.1) is 0 Å². The van der Waals surface area contributed by atoms with Crippen LogP contribution < -0.4 is 10.1 Å². The SMILES string of the molecule is CCc1ccc(N=C2CCCN2C(=O)Nc2cccc(OC)c2)cc1. The highest BCUT2D eigenvalue weighted by molar-refractivity contribution is 6.05. The van der Waals surface area contributed by atoms with E-state index in [1.54, 1.807) is 18.1 Å². The van der Waals surface area contributed by atoms with E-state index in [0.29, 0.717) is 18.0 Å². The Morgan fingerprint density at radius 1 is 1.24 bits per heavy atom. The number of hydrogen-bond donors (Lipinski definition) is 1. The van der Waals surface area contributed by atoms with Crippen molar-refractivity contribution >= 4 is 23.2 Å². The van der Waals surface area contributed by atoms with Crippen molar-refractivity contribution in [3.05, 3.63) is 54.1 Å². The van der Waals surface area contributed by atoms with Gasteiger partial charge in [0.15, 0.2) is 0 Å². The standard InChI is InChI=1S/C20H23N3O2/c1-3-15-9-11-16(12-10-15)21-19-8-5-13-23(19)20(24)22-17-6-4-7-18(14-17)25-2/h4,6-7,9-12,14H,3,5,8,13H2,1-2H3,(H,22,24). The van der Waals surface area contributed by atoms with Crippen LogP contribution in [0.1, 0.15) is 25.3 Å². The summed E-state index contributed by atoms with van der Waals surface area (Å²) in [5, 5.41) is 2.92. The second-order valence-corrected chi connectivity index (χ2v) is 5.97. The first-order chi connectivity index (χ1) is 12.2. The summed E-state index contributed by atoms with van der Waals surface area (Å²) in [6, 6.07) is 15.3. The Morgan fingerprint density at radius 3 is 2.76 bits per heavy atom. The van der Waals surface area contributed by atoms with Crippen LogP contribution in [-0.2, 0) is 6.42 Å². The Morgan fingerprint density at radius 2 is 2.04 bits per heavy atom. The number of carbonyl (C=O) groups excluding carboxylic acids is 1. The maximum absolute atomic E-state index is 12.6. The molecular weight excluding hydrogens is 314 g/mol. The number of nitrogens with one attached hydrogen (secondary N) is 1. The topological polar surface area (TPSA) is 53.9 Å². The van der Waals surface area contributed by atoms with Crippen molar-refractivity contribution in [2.75, 3.05) is 19.0 Å². The normalized spacial score (nSPS) is 15.4. The number of carbonyl (C=O) groups is 1. The molecule has 0 aromatic heterocycles. The minimum absolute atomic E-state index is 0.158. The lowest BCUT2D eigenvalue weighted by atomic mass is 10.1. The number of likely N-dealkylation sites (tertiary alicyclic amines) is 1. The molecule has 1 aliphatic rings. The minimum atomic E-state index is -0.158. The summed E-state index contributed by atoms with van der Waals surface area (Å²) in [6.07, 6.45) is 2.74. The van der Waals surface area contributed by atoms with E-state index in [4.69, 9.17) is 4.74 Å². The van der Waals surface area contributed by atoms with Crippen LogP contribution in [0, 0.1) is 0 Å². The number of methoxy groups -OCH3 is 1. The quantitative estimate of drug-likeness (QED) is 0.885. The molecule has 1 aliphatic heterocycles. The zero-order valence-corrected chi connectivity index (χ0v) is 14.7. The van der Waals surface area contributed by atoms with E-state index in [0.717, 1.165) is 30.8 Å². The third kappa shape index (κ3) is 4.18. The smallest absolute Gasteiger partial charge is 0.327 e. The summed E-state index contributed by atoms with van der Waals surface area (Å²) in [6.45, 7) is 2.81. The number of amidine groups is 1. The number of hydrogen-bond acceptors (Lipinski definition) is 3. The molecule has 130 valence electrons. The average Bonchev–Trinajstić information content (AvgIpc) is 3.11. The van der Waals surface area contributed by atoms with Crippen LogP contribution in [0.5, 0.6) is 5.75 Å². The van der Waals surface area contributed by atoms with E-state index in [1.807, 2.05) is 30.3 Å². The van der Waals surface area contributed by atoms with Crippen LogP contribution in [0.4, 0.5) is 16.2 Å². The number of benzene rings is 2. The zero-order valence-electron chi connectivity index (χ0n) is 14.7. The van der Waals surface area contributed by atoms with E-state index in [2.05, 4.69) is 29.4 Å². The summed E-state index contributed by atoms with van der Waals surface area (Å²) in [5.74, 6) is 1.52. The predicted octanol–water partition coefficient (Wildman–Crippen LogP) is 4.62. The number of ether oxygens (including phenoxy) is 1. The molecule has 0 unspecified atom stereocenters. The van der Waals surface area contributed by atoms with Gasteiger partial charge < -0.3 is 10.1 Å². The number of urea groups is 1. The molecule has 2 aromatic carbocycles. The van der Waals surface area contributed by atoms with E-state index in [-0.39, 0.29) is 6.03 Å². The first-order valence-corrected chi connectivity index (χ1v) is 8.58. The lowest BCUT2D eigenvalue weighted by Crippen LogP contribution is -2.35. The Labute approximate surface area is 148 Å². The molecule has 0 bridgehead atoms. The first-order valence-electron chi connectivity index (χ1n) is 8.58. The lowest BCUT2D eigenvalue weighted by Gasteiger charge is -2.18. The second-order valence-electron chi connectivity index (χ2n) is 5.97. The van der Waals surface area contributed by atoms with Crippen molar-refractivity contribution < 1.29 is 9.53 Å². The molecule has 5 nitrogen and oxygen atoms in total. The van der Waals surface area contributed by atoms with Gasteiger partial charge in [-0.2, -0.15) is 0 Å². The Balaban J connectivity index is 1.73. The van der Waals surface area contributed by atoms with Gasteiger partial charge in [-0.25, -0.2) is 9.79 Å². The van der Waals surface area contributed by atoms with Crippen molar-refractivity contribution in [1.82, 2.24) is 4.90 Å². The summed E-state index contributed by atoms with van der Waals surface area (Å²) < 4.78 is 5.19. The molecular formula is C20H23N3O2. The molecule has 0 radical (unpaired) electrons. The fourth-order valence-corrected chi connectivity index (χ4v) is 2.84. The van der Waals surface area contributed by atoms with Gasteiger partial charge >= 0.3 is 6.03 Å². The molecule has 0 saturated carbocycles. The minimum Gasteiger partial charge on any atom is -0.497 e. The van der Waals surface area contributed by atoms with Crippen LogP contribution in [-0.4, -0.2) is 30.4 Å².